The van der Waals surface area contributed by atoms with E-state index in [1.165, 1.54) is 0 Å². The molecule has 2 N–H and O–H groups in total. The fraction of sp³-hybridized carbons (Fsp3) is 0.222. The molecule has 0 spiro atoms. The molecular weight excluding hydrogens is 306 g/mol. The van der Waals surface area contributed by atoms with E-state index in [1.54, 1.807) is 24.3 Å². The lowest BCUT2D eigenvalue weighted by molar-refractivity contribution is 0.102. The minimum atomic E-state index is -0.404. The number of anilines is 2. The summed E-state index contributed by atoms with van der Waals surface area (Å²) < 4.78 is 5.13. The highest BCUT2D eigenvalue weighted by Crippen LogP contribution is 2.22. The van der Waals surface area contributed by atoms with Crippen molar-refractivity contribution >= 4 is 23.4 Å². The van der Waals surface area contributed by atoms with Crippen LogP contribution in [0.3, 0.4) is 0 Å². The molecule has 2 aromatic carbocycles. The van der Waals surface area contributed by atoms with E-state index in [0.29, 0.717) is 17.8 Å². The van der Waals surface area contributed by atoms with E-state index in [-0.39, 0.29) is 12.0 Å². The summed E-state index contributed by atoms with van der Waals surface area (Å²) in [6.07, 6.45) is -0.681. The van der Waals surface area contributed by atoms with Gasteiger partial charge in [-0.3, -0.25) is 4.79 Å². The van der Waals surface area contributed by atoms with Gasteiger partial charge in [-0.15, -0.1) is 0 Å². The van der Waals surface area contributed by atoms with Gasteiger partial charge in [-0.05, 0) is 42.0 Å². The van der Waals surface area contributed by atoms with Crippen LogP contribution in [0, 0.1) is 0 Å². The van der Waals surface area contributed by atoms with Crippen molar-refractivity contribution in [2.24, 2.45) is 0 Å². The number of cyclic esters (lactones) is 1. The fourth-order valence-corrected chi connectivity index (χ4v) is 2.47. The maximum absolute atomic E-state index is 12.3. The maximum atomic E-state index is 12.3. The second-order valence-corrected chi connectivity index (χ2v) is 5.79. The zero-order chi connectivity index (χ0) is 17.1. The predicted octanol–water partition coefficient (Wildman–Crippen LogP) is 2.79. The smallest absolute Gasteiger partial charge is 0.407 e. The van der Waals surface area contributed by atoms with Gasteiger partial charge < -0.3 is 20.3 Å². The van der Waals surface area contributed by atoms with Crippen molar-refractivity contribution in [3.05, 3.63) is 59.7 Å². The van der Waals surface area contributed by atoms with Crippen LogP contribution >= 0.6 is 0 Å². The van der Waals surface area contributed by atoms with E-state index >= 15 is 0 Å². The van der Waals surface area contributed by atoms with Crippen LogP contribution in [0.1, 0.15) is 22.0 Å². The first-order valence-corrected chi connectivity index (χ1v) is 7.66. The number of benzene rings is 2. The van der Waals surface area contributed by atoms with Crippen LogP contribution in [-0.4, -0.2) is 32.6 Å². The maximum Gasteiger partial charge on any atom is 0.407 e. The molecule has 0 aliphatic carbocycles. The second kappa shape index (κ2) is 6.62. The Kier molecular flexibility index (Phi) is 4.37. The number of hydrogen-bond acceptors (Lipinski definition) is 4. The molecule has 6 nitrogen and oxygen atoms in total. The SMILES string of the molecule is CN(C)c1ccc(C(=O)Nc2ccc(C3CNC(=O)O3)cc2)cc1. The van der Waals surface area contributed by atoms with Crippen LogP contribution in [0.4, 0.5) is 16.2 Å². The fourth-order valence-electron chi connectivity index (χ4n) is 2.47. The van der Waals surface area contributed by atoms with E-state index in [0.717, 1.165) is 11.3 Å². The molecule has 1 fully saturated rings. The summed E-state index contributed by atoms with van der Waals surface area (Å²) >= 11 is 0. The van der Waals surface area contributed by atoms with Crippen molar-refractivity contribution in [3.63, 3.8) is 0 Å². The Morgan fingerprint density at radius 1 is 1.12 bits per heavy atom. The van der Waals surface area contributed by atoms with Crippen LogP contribution < -0.4 is 15.5 Å². The first-order valence-electron chi connectivity index (χ1n) is 7.66. The van der Waals surface area contributed by atoms with Gasteiger partial charge in [0, 0.05) is 31.0 Å². The summed E-state index contributed by atoms with van der Waals surface area (Å²) in [7, 11) is 3.90. The number of carbonyl (C=O) groups is 2. The van der Waals surface area contributed by atoms with Gasteiger partial charge >= 0.3 is 6.09 Å². The molecule has 1 aliphatic rings. The van der Waals surface area contributed by atoms with Crippen LogP contribution in [0.5, 0.6) is 0 Å². The largest absolute Gasteiger partial charge is 0.439 e. The normalized spacial score (nSPS) is 16.2. The van der Waals surface area contributed by atoms with Gasteiger partial charge in [-0.2, -0.15) is 0 Å². The minimum Gasteiger partial charge on any atom is -0.439 e. The van der Waals surface area contributed by atoms with E-state index < -0.39 is 6.09 Å². The minimum absolute atomic E-state index is 0.165. The third-order valence-corrected chi connectivity index (χ3v) is 3.87. The van der Waals surface area contributed by atoms with Crippen molar-refractivity contribution in [2.45, 2.75) is 6.10 Å². The number of ether oxygens (including phenoxy) is 1. The Morgan fingerprint density at radius 2 is 1.79 bits per heavy atom. The molecule has 1 unspecified atom stereocenters. The van der Waals surface area contributed by atoms with Crippen molar-refractivity contribution in [3.8, 4) is 0 Å². The van der Waals surface area contributed by atoms with Gasteiger partial charge in [0.05, 0.1) is 6.54 Å². The van der Waals surface area contributed by atoms with Crippen molar-refractivity contribution in [1.82, 2.24) is 5.32 Å². The highest BCUT2D eigenvalue weighted by atomic mass is 16.6. The first kappa shape index (κ1) is 15.9. The molecule has 1 atom stereocenters. The van der Waals surface area contributed by atoms with Crippen LogP contribution in [0.2, 0.25) is 0 Å². The van der Waals surface area contributed by atoms with Crippen LogP contribution in [-0.2, 0) is 4.74 Å². The monoisotopic (exact) mass is 325 g/mol. The predicted molar refractivity (Wildman–Crippen MR) is 92.4 cm³/mol. The standard InChI is InChI=1S/C18H19N3O3/c1-21(2)15-9-5-13(6-10-15)17(22)20-14-7-3-12(4-8-14)16-11-19-18(23)24-16/h3-10,16H,11H2,1-2H3,(H,19,23)(H,20,22). The molecule has 2 amide bonds. The number of hydrogen-bond donors (Lipinski definition) is 2. The van der Waals surface area contributed by atoms with Gasteiger partial charge in [0.25, 0.3) is 5.91 Å². The van der Waals surface area contributed by atoms with Gasteiger partial charge in [0.15, 0.2) is 0 Å². The van der Waals surface area contributed by atoms with Crippen molar-refractivity contribution in [2.75, 3.05) is 30.9 Å². The van der Waals surface area contributed by atoms with Gasteiger partial charge in [-0.25, -0.2) is 4.79 Å². The molecule has 1 saturated heterocycles. The highest BCUT2D eigenvalue weighted by Gasteiger charge is 2.23. The number of nitrogens with zero attached hydrogens (tertiary/aromatic N) is 1. The summed E-state index contributed by atoms with van der Waals surface area (Å²) in [5, 5.41) is 5.47. The van der Waals surface area contributed by atoms with Gasteiger partial charge in [-0.1, -0.05) is 12.1 Å². The summed E-state index contributed by atoms with van der Waals surface area (Å²) in [6, 6.07) is 14.7. The molecular formula is C18H19N3O3. The van der Waals surface area contributed by atoms with Crippen LogP contribution in [0.25, 0.3) is 0 Å². The van der Waals surface area contributed by atoms with E-state index in [4.69, 9.17) is 4.74 Å². The number of alkyl carbamates (subject to hydrolysis) is 1. The quantitative estimate of drug-likeness (QED) is 0.907. The highest BCUT2D eigenvalue weighted by molar-refractivity contribution is 6.04. The molecule has 3 rings (SSSR count). The van der Waals surface area contributed by atoms with Gasteiger partial charge in [0.1, 0.15) is 6.10 Å². The van der Waals surface area contributed by atoms with E-state index in [1.807, 2.05) is 43.3 Å². The van der Waals surface area contributed by atoms with Crippen molar-refractivity contribution < 1.29 is 14.3 Å². The summed E-state index contributed by atoms with van der Waals surface area (Å²) in [5.41, 5.74) is 3.22. The molecule has 0 aromatic heterocycles. The topological polar surface area (TPSA) is 70.7 Å². The lowest BCUT2D eigenvalue weighted by atomic mass is 10.1. The first-order chi connectivity index (χ1) is 11.5. The lowest BCUT2D eigenvalue weighted by Gasteiger charge is -2.13. The number of nitrogens with one attached hydrogen (secondary N) is 2. The molecule has 24 heavy (non-hydrogen) atoms. The van der Waals surface area contributed by atoms with Gasteiger partial charge in [0.2, 0.25) is 0 Å². The Labute approximate surface area is 140 Å². The summed E-state index contributed by atoms with van der Waals surface area (Å²) in [5.74, 6) is -0.165. The van der Waals surface area contributed by atoms with E-state index in [2.05, 4.69) is 10.6 Å². The average Bonchev–Trinajstić information content (AvgIpc) is 3.02. The zero-order valence-corrected chi connectivity index (χ0v) is 13.6. The molecule has 124 valence electrons. The summed E-state index contributed by atoms with van der Waals surface area (Å²) in [4.78, 5) is 25.3. The van der Waals surface area contributed by atoms with E-state index in [9.17, 15) is 9.59 Å². The van der Waals surface area contributed by atoms with Crippen molar-refractivity contribution in [1.29, 1.82) is 0 Å². The molecule has 2 aromatic rings. The number of rotatable bonds is 4. The Hall–Kier alpha value is -3.02. The molecule has 0 saturated carbocycles. The second-order valence-electron chi connectivity index (χ2n) is 5.79. The van der Waals surface area contributed by atoms with Crippen LogP contribution in [0.15, 0.2) is 48.5 Å². The molecule has 0 bridgehead atoms. The molecule has 1 heterocycles. The number of amides is 2. The lowest BCUT2D eigenvalue weighted by Crippen LogP contribution is -2.13. The molecule has 6 heteroatoms. The average molecular weight is 325 g/mol. The third-order valence-electron chi connectivity index (χ3n) is 3.87. The Bertz CT molecular complexity index is 739. The third kappa shape index (κ3) is 3.48. The molecule has 0 radical (unpaired) electrons. The zero-order valence-electron chi connectivity index (χ0n) is 13.6. The Morgan fingerprint density at radius 3 is 2.33 bits per heavy atom. The Balaban J connectivity index is 1.65. The molecule has 1 aliphatic heterocycles. The number of carbonyl (C=O) groups excluding carboxylic acids is 2. The summed E-state index contributed by atoms with van der Waals surface area (Å²) in [6.45, 7) is 0.461.